The number of benzene rings is 1. The molecule has 156 valence electrons. The van der Waals surface area contributed by atoms with Crippen LogP contribution in [0.2, 0.25) is 0 Å². The smallest absolute Gasteiger partial charge is 0.191 e. The van der Waals surface area contributed by atoms with E-state index in [4.69, 9.17) is 4.74 Å². The third-order valence-electron chi connectivity index (χ3n) is 4.59. The van der Waals surface area contributed by atoms with Gasteiger partial charge in [-0.25, -0.2) is 4.39 Å². The Balaban J connectivity index is 0.00000676. The van der Waals surface area contributed by atoms with Crippen LogP contribution in [0.4, 0.5) is 4.39 Å². The molecule has 0 aliphatic heterocycles. The van der Waals surface area contributed by atoms with E-state index in [0.29, 0.717) is 12.6 Å². The lowest BCUT2D eigenvalue weighted by Crippen LogP contribution is -2.44. The molecule has 1 aromatic carbocycles. The number of methoxy groups -OCH3 is 1. The van der Waals surface area contributed by atoms with Crippen LogP contribution in [-0.4, -0.2) is 57.2 Å². The van der Waals surface area contributed by atoms with E-state index in [-0.39, 0.29) is 35.9 Å². The van der Waals surface area contributed by atoms with Crippen molar-refractivity contribution >= 4 is 29.9 Å². The first-order chi connectivity index (χ1) is 12.5. The van der Waals surface area contributed by atoms with Gasteiger partial charge < -0.3 is 20.3 Å². The molecule has 0 aliphatic carbocycles. The molecule has 1 rings (SSSR count). The van der Waals surface area contributed by atoms with Crippen LogP contribution in [0.25, 0.3) is 0 Å². The Morgan fingerprint density at radius 2 is 1.85 bits per heavy atom. The molecular weight excluding hydrogens is 458 g/mol. The molecule has 1 aromatic rings. The zero-order valence-corrected chi connectivity index (χ0v) is 19.6. The van der Waals surface area contributed by atoms with E-state index in [1.54, 1.807) is 26.3 Å². The minimum atomic E-state index is -0.243. The Bertz CT molecular complexity index is 523. The minimum absolute atomic E-state index is 0. The number of hydrogen-bond donors (Lipinski definition) is 2. The first kappa shape index (κ1) is 26.1. The molecule has 0 amide bonds. The van der Waals surface area contributed by atoms with Gasteiger partial charge in [0.15, 0.2) is 5.96 Å². The Labute approximate surface area is 181 Å². The highest BCUT2D eigenvalue weighted by atomic mass is 127. The van der Waals surface area contributed by atoms with E-state index in [1.807, 2.05) is 0 Å². The molecule has 0 saturated carbocycles. The van der Waals surface area contributed by atoms with E-state index in [0.717, 1.165) is 44.0 Å². The third kappa shape index (κ3) is 10.3. The van der Waals surface area contributed by atoms with Gasteiger partial charge in [-0.1, -0.05) is 26.0 Å². The van der Waals surface area contributed by atoms with Gasteiger partial charge in [0.2, 0.25) is 0 Å². The van der Waals surface area contributed by atoms with Gasteiger partial charge in [-0.15, -0.1) is 24.0 Å². The first-order valence-corrected chi connectivity index (χ1v) is 9.51. The summed E-state index contributed by atoms with van der Waals surface area (Å²) in [6.45, 7) is 10.5. The van der Waals surface area contributed by atoms with Crippen molar-refractivity contribution in [1.82, 2.24) is 15.5 Å². The molecule has 0 aliphatic rings. The molecular formula is C20H36FIN4O. The molecule has 2 atom stereocenters. The van der Waals surface area contributed by atoms with E-state index in [1.165, 1.54) is 12.1 Å². The lowest BCUT2D eigenvalue weighted by Gasteiger charge is -2.22. The summed E-state index contributed by atoms with van der Waals surface area (Å²) < 4.78 is 18.6. The van der Waals surface area contributed by atoms with Crippen molar-refractivity contribution in [3.8, 4) is 0 Å². The summed E-state index contributed by atoms with van der Waals surface area (Å²) in [5, 5.41) is 6.72. The predicted molar refractivity (Wildman–Crippen MR) is 123 cm³/mol. The van der Waals surface area contributed by atoms with Crippen LogP contribution in [0, 0.1) is 5.82 Å². The highest BCUT2D eigenvalue weighted by Crippen LogP contribution is 2.16. The molecule has 0 radical (unpaired) electrons. The molecule has 0 aromatic heterocycles. The largest absolute Gasteiger partial charge is 0.375 e. The third-order valence-corrected chi connectivity index (χ3v) is 4.59. The fraction of sp³-hybridized carbons (Fsp3) is 0.650. The maximum atomic E-state index is 13.1. The van der Waals surface area contributed by atoms with Crippen molar-refractivity contribution in [1.29, 1.82) is 0 Å². The first-order valence-electron chi connectivity index (χ1n) is 9.51. The maximum absolute atomic E-state index is 13.1. The number of guanidine groups is 1. The summed E-state index contributed by atoms with van der Waals surface area (Å²) in [4.78, 5) is 6.72. The fourth-order valence-electron chi connectivity index (χ4n) is 2.87. The molecule has 27 heavy (non-hydrogen) atoms. The molecule has 2 unspecified atom stereocenters. The molecule has 0 spiro atoms. The molecule has 2 N–H and O–H groups in total. The molecule has 0 saturated heterocycles. The van der Waals surface area contributed by atoms with Crippen molar-refractivity contribution in [2.45, 2.75) is 45.8 Å². The van der Waals surface area contributed by atoms with Crippen molar-refractivity contribution in [2.75, 3.05) is 40.3 Å². The number of nitrogens with zero attached hydrogens (tertiary/aromatic N) is 2. The Kier molecular flexibility index (Phi) is 14.5. The average Bonchev–Trinajstić information content (AvgIpc) is 2.66. The molecule has 0 heterocycles. The number of aliphatic imine (C=N–C) groups is 1. The van der Waals surface area contributed by atoms with Crippen LogP contribution in [0.3, 0.4) is 0 Å². The van der Waals surface area contributed by atoms with Crippen molar-refractivity contribution in [2.24, 2.45) is 4.99 Å². The van der Waals surface area contributed by atoms with Crippen molar-refractivity contribution in [3.63, 3.8) is 0 Å². The predicted octanol–water partition coefficient (Wildman–Crippen LogP) is 3.81. The van der Waals surface area contributed by atoms with E-state index in [2.05, 4.69) is 41.3 Å². The Morgan fingerprint density at radius 1 is 1.22 bits per heavy atom. The van der Waals surface area contributed by atoms with Crippen molar-refractivity contribution < 1.29 is 9.13 Å². The van der Waals surface area contributed by atoms with Crippen LogP contribution < -0.4 is 10.6 Å². The van der Waals surface area contributed by atoms with Crippen LogP contribution in [-0.2, 0) is 4.74 Å². The van der Waals surface area contributed by atoms with Crippen LogP contribution in [0.1, 0.15) is 45.3 Å². The van der Waals surface area contributed by atoms with Gasteiger partial charge >= 0.3 is 0 Å². The Morgan fingerprint density at radius 3 is 2.37 bits per heavy atom. The Hall–Kier alpha value is -0.930. The molecule has 7 heteroatoms. The second kappa shape index (κ2) is 15.0. The molecule has 5 nitrogen and oxygen atoms in total. The summed E-state index contributed by atoms with van der Waals surface area (Å²) >= 11 is 0. The van der Waals surface area contributed by atoms with Gasteiger partial charge in [0.05, 0.1) is 6.10 Å². The normalized spacial score (nSPS) is 13.8. The number of halogens is 2. The van der Waals surface area contributed by atoms with E-state index in [9.17, 15) is 4.39 Å². The number of nitrogens with one attached hydrogen (secondary N) is 2. The lowest BCUT2D eigenvalue weighted by molar-refractivity contribution is 0.106. The average molecular weight is 494 g/mol. The molecule has 0 bridgehead atoms. The number of ether oxygens (including phenoxy) is 1. The van der Waals surface area contributed by atoms with Gasteiger partial charge in [-0.3, -0.25) is 4.99 Å². The zero-order chi connectivity index (χ0) is 19.4. The van der Waals surface area contributed by atoms with Crippen LogP contribution in [0.15, 0.2) is 29.3 Å². The summed E-state index contributed by atoms with van der Waals surface area (Å²) in [7, 11) is 3.42. The van der Waals surface area contributed by atoms with Gasteiger partial charge in [0.25, 0.3) is 0 Å². The zero-order valence-electron chi connectivity index (χ0n) is 17.3. The summed E-state index contributed by atoms with van der Waals surface area (Å²) in [6, 6.07) is 6.73. The van der Waals surface area contributed by atoms with Crippen LogP contribution >= 0.6 is 24.0 Å². The summed E-state index contributed by atoms with van der Waals surface area (Å²) in [5.41, 5.74) is 0.934. The topological polar surface area (TPSA) is 48.9 Å². The van der Waals surface area contributed by atoms with Gasteiger partial charge in [0.1, 0.15) is 5.82 Å². The van der Waals surface area contributed by atoms with Crippen LogP contribution in [0.5, 0.6) is 0 Å². The lowest BCUT2D eigenvalue weighted by atomic mass is 10.1. The van der Waals surface area contributed by atoms with Gasteiger partial charge in [0, 0.05) is 26.7 Å². The second-order valence-corrected chi connectivity index (χ2v) is 6.44. The van der Waals surface area contributed by atoms with E-state index >= 15 is 0 Å². The highest BCUT2D eigenvalue weighted by molar-refractivity contribution is 14.0. The monoisotopic (exact) mass is 494 g/mol. The molecule has 0 fully saturated rings. The summed E-state index contributed by atoms with van der Waals surface area (Å²) in [5.74, 6) is 0.511. The van der Waals surface area contributed by atoms with E-state index < -0.39 is 0 Å². The highest BCUT2D eigenvalue weighted by Gasteiger charge is 2.12. The maximum Gasteiger partial charge on any atom is 0.191 e. The fourth-order valence-corrected chi connectivity index (χ4v) is 2.87. The summed E-state index contributed by atoms with van der Waals surface area (Å²) in [6.07, 6.45) is 2.08. The number of hydrogen-bond acceptors (Lipinski definition) is 3. The minimum Gasteiger partial charge on any atom is -0.375 e. The number of rotatable bonds is 11. The SMILES string of the molecule is CCN(CC)CCCC(C)NC(=NC)NCC(OC)c1ccc(F)cc1.I. The van der Waals surface area contributed by atoms with Crippen molar-refractivity contribution in [3.05, 3.63) is 35.6 Å². The van der Waals surface area contributed by atoms with Gasteiger partial charge in [-0.05, 0) is 57.1 Å². The van der Waals surface area contributed by atoms with Gasteiger partial charge in [-0.2, -0.15) is 0 Å². The second-order valence-electron chi connectivity index (χ2n) is 6.44. The standard InChI is InChI=1S/C20H35FN4O.HI/c1-6-25(7-2)14-8-9-16(3)24-20(22-4)23-15-19(26-5)17-10-12-18(21)13-11-17;/h10-13,16,19H,6-9,14-15H2,1-5H3,(H2,22,23,24);1H. The quantitative estimate of drug-likeness (QED) is 0.279.